The summed E-state index contributed by atoms with van der Waals surface area (Å²) in [5.74, 6) is 0. The molecule has 1 heterocycles. The first-order valence-corrected chi connectivity index (χ1v) is 4.09. The Bertz CT molecular complexity index is 139. The van der Waals surface area contributed by atoms with Gasteiger partial charge >= 0.3 is 0 Å². The van der Waals surface area contributed by atoms with Gasteiger partial charge in [-0.1, -0.05) is 0 Å². The lowest BCUT2D eigenvalue weighted by molar-refractivity contribution is -0.217. The lowest BCUT2D eigenvalue weighted by atomic mass is 9.96. The van der Waals surface area contributed by atoms with Gasteiger partial charge in [0, 0.05) is 13.5 Å². The molecule has 0 spiro atoms. The van der Waals surface area contributed by atoms with Crippen LogP contribution < -0.4 is 0 Å². The summed E-state index contributed by atoms with van der Waals surface area (Å²) in [7, 11) is 1.58. The van der Waals surface area contributed by atoms with Gasteiger partial charge in [-0.25, -0.2) is 0 Å². The molecule has 1 saturated heterocycles. The first-order chi connectivity index (χ1) is 5.66. The molecule has 1 aliphatic heterocycles. The van der Waals surface area contributed by atoms with Gasteiger partial charge in [0.25, 0.3) is 0 Å². The molecule has 1 N–H and O–H groups in total. The third-order valence-electron chi connectivity index (χ3n) is 2.07. The Kier molecular flexibility index (Phi) is 3.46. The van der Waals surface area contributed by atoms with Crippen molar-refractivity contribution in [3.05, 3.63) is 0 Å². The summed E-state index contributed by atoms with van der Waals surface area (Å²) >= 11 is 0. The zero-order valence-electron chi connectivity index (χ0n) is 7.58. The van der Waals surface area contributed by atoms with E-state index in [4.69, 9.17) is 14.2 Å². The molecule has 4 heteroatoms. The van der Waals surface area contributed by atoms with E-state index in [1.54, 1.807) is 7.11 Å². The van der Waals surface area contributed by atoms with Gasteiger partial charge in [0.1, 0.15) is 6.79 Å². The second kappa shape index (κ2) is 4.18. The van der Waals surface area contributed by atoms with Gasteiger partial charge in [-0.2, -0.15) is 0 Å². The summed E-state index contributed by atoms with van der Waals surface area (Å²) in [5.41, 5.74) is -0.298. The molecule has 0 aromatic carbocycles. The Balaban J connectivity index is 2.35. The highest BCUT2D eigenvalue weighted by atomic mass is 16.7. The third kappa shape index (κ3) is 2.71. The fourth-order valence-electron chi connectivity index (χ4n) is 1.27. The average Bonchev–Trinajstić information content (AvgIpc) is 2.01. The zero-order valence-corrected chi connectivity index (χ0v) is 7.58. The number of rotatable bonds is 3. The van der Waals surface area contributed by atoms with Crippen molar-refractivity contribution in [3.8, 4) is 0 Å². The van der Waals surface area contributed by atoms with E-state index >= 15 is 0 Å². The van der Waals surface area contributed by atoms with E-state index in [0.717, 1.165) is 6.42 Å². The van der Waals surface area contributed by atoms with Gasteiger partial charge in [-0.15, -0.1) is 0 Å². The molecule has 0 radical (unpaired) electrons. The van der Waals surface area contributed by atoms with Crippen molar-refractivity contribution in [2.75, 3.05) is 20.5 Å². The lowest BCUT2D eigenvalue weighted by Crippen LogP contribution is -2.40. The van der Waals surface area contributed by atoms with Crippen LogP contribution in [0.15, 0.2) is 0 Å². The molecular formula is C8H16O4. The fourth-order valence-corrected chi connectivity index (χ4v) is 1.27. The lowest BCUT2D eigenvalue weighted by Gasteiger charge is -2.35. The molecule has 0 saturated carbocycles. The van der Waals surface area contributed by atoms with Crippen LogP contribution in [0.25, 0.3) is 0 Å². The van der Waals surface area contributed by atoms with E-state index in [2.05, 4.69) is 0 Å². The molecule has 72 valence electrons. The van der Waals surface area contributed by atoms with E-state index in [1.165, 1.54) is 0 Å². The minimum atomic E-state index is -0.694. The molecule has 0 aromatic heterocycles. The summed E-state index contributed by atoms with van der Waals surface area (Å²) in [6.07, 6.45) is 0.615. The average molecular weight is 176 g/mol. The van der Waals surface area contributed by atoms with E-state index < -0.39 is 6.29 Å². The minimum Gasteiger partial charge on any atom is -0.368 e. The van der Waals surface area contributed by atoms with Crippen LogP contribution >= 0.6 is 0 Å². The highest BCUT2D eigenvalue weighted by Gasteiger charge is 2.32. The van der Waals surface area contributed by atoms with Gasteiger partial charge in [-0.05, 0) is 13.3 Å². The standard InChI is InChI=1S/C8H16O4/c1-8(12-6-10-2)3-4-11-7(9)5-8/h7,9H,3-6H2,1-2H3/t7?,8-/m1/s1. The second-order valence-corrected chi connectivity index (χ2v) is 3.28. The Hall–Kier alpha value is -0.160. The summed E-state index contributed by atoms with van der Waals surface area (Å²) in [4.78, 5) is 0. The van der Waals surface area contributed by atoms with E-state index in [-0.39, 0.29) is 12.4 Å². The zero-order chi connectivity index (χ0) is 9.03. The minimum absolute atomic E-state index is 0.267. The Morgan fingerprint density at radius 3 is 3.00 bits per heavy atom. The van der Waals surface area contributed by atoms with Crippen molar-refractivity contribution in [2.45, 2.75) is 31.7 Å². The van der Waals surface area contributed by atoms with Crippen LogP contribution in [0.1, 0.15) is 19.8 Å². The molecule has 0 aromatic rings. The van der Waals surface area contributed by atoms with Crippen molar-refractivity contribution in [2.24, 2.45) is 0 Å². The third-order valence-corrected chi connectivity index (χ3v) is 2.07. The van der Waals surface area contributed by atoms with Crippen LogP contribution in [-0.2, 0) is 14.2 Å². The summed E-state index contributed by atoms with van der Waals surface area (Å²) < 4.78 is 15.2. The van der Waals surface area contributed by atoms with Crippen molar-refractivity contribution in [3.63, 3.8) is 0 Å². The van der Waals surface area contributed by atoms with Crippen LogP contribution in [0, 0.1) is 0 Å². The van der Waals surface area contributed by atoms with Gasteiger partial charge in [0.15, 0.2) is 6.29 Å². The number of hydrogen-bond acceptors (Lipinski definition) is 4. The van der Waals surface area contributed by atoms with Crippen molar-refractivity contribution < 1.29 is 19.3 Å². The molecule has 0 amide bonds. The maximum atomic E-state index is 9.20. The Morgan fingerprint density at radius 1 is 1.67 bits per heavy atom. The Labute approximate surface area is 72.4 Å². The maximum absolute atomic E-state index is 9.20. The molecule has 1 rings (SSSR count). The molecule has 0 aliphatic carbocycles. The highest BCUT2D eigenvalue weighted by Crippen LogP contribution is 2.26. The number of ether oxygens (including phenoxy) is 3. The molecule has 4 nitrogen and oxygen atoms in total. The smallest absolute Gasteiger partial charge is 0.157 e. The van der Waals surface area contributed by atoms with Crippen LogP contribution in [0.3, 0.4) is 0 Å². The first kappa shape index (κ1) is 9.92. The van der Waals surface area contributed by atoms with Gasteiger partial charge in [0.05, 0.1) is 12.2 Å². The van der Waals surface area contributed by atoms with E-state index in [9.17, 15) is 5.11 Å². The Morgan fingerprint density at radius 2 is 2.42 bits per heavy atom. The van der Waals surface area contributed by atoms with Crippen molar-refractivity contribution in [1.29, 1.82) is 0 Å². The normalized spacial score (nSPS) is 36.8. The highest BCUT2D eigenvalue weighted by molar-refractivity contribution is 4.79. The second-order valence-electron chi connectivity index (χ2n) is 3.28. The predicted octanol–water partition coefficient (Wildman–Crippen LogP) is 0.494. The van der Waals surface area contributed by atoms with Crippen LogP contribution in [0.5, 0.6) is 0 Å². The van der Waals surface area contributed by atoms with Crippen LogP contribution in [0.2, 0.25) is 0 Å². The summed E-state index contributed by atoms with van der Waals surface area (Å²) in [6.45, 7) is 2.77. The van der Waals surface area contributed by atoms with Crippen LogP contribution in [0.4, 0.5) is 0 Å². The monoisotopic (exact) mass is 176 g/mol. The molecule has 1 unspecified atom stereocenters. The van der Waals surface area contributed by atoms with E-state index in [0.29, 0.717) is 13.0 Å². The largest absolute Gasteiger partial charge is 0.368 e. The topological polar surface area (TPSA) is 47.9 Å². The molecule has 2 atom stereocenters. The van der Waals surface area contributed by atoms with Gasteiger partial charge in [-0.3, -0.25) is 0 Å². The SMILES string of the molecule is COCO[C@]1(C)CCOC(O)C1. The fraction of sp³-hybridized carbons (Fsp3) is 1.00. The van der Waals surface area contributed by atoms with E-state index in [1.807, 2.05) is 6.92 Å². The van der Waals surface area contributed by atoms with Crippen molar-refractivity contribution >= 4 is 0 Å². The summed E-state index contributed by atoms with van der Waals surface area (Å²) in [6, 6.07) is 0. The van der Waals surface area contributed by atoms with Crippen molar-refractivity contribution in [1.82, 2.24) is 0 Å². The molecule has 0 bridgehead atoms. The van der Waals surface area contributed by atoms with Gasteiger partial charge < -0.3 is 19.3 Å². The first-order valence-electron chi connectivity index (χ1n) is 4.09. The summed E-state index contributed by atoms with van der Waals surface area (Å²) in [5, 5.41) is 9.20. The molecule has 12 heavy (non-hydrogen) atoms. The van der Waals surface area contributed by atoms with Crippen LogP contribution in [-0.4, -0.2) is 37.5 Å². The number of aliphatic hydroxyl groups is 1. The predicted molar refractivity (Wildman–Crippen MR) is 42.6 cm³/mol. The number of methoxy groups -OCH3 is 1. The number of hydrogen-bond donors (Lipinski definition) is 1. The number of aliphatic hydroxyl groups excluding tert-OH is 1. The quantitative estimate of drug-likeness (QED) is 0.636. The molecular weight excluding hydrogens is 160 g/mol. The molecule has 1 fully saturated rings. The molecule has 1 aliphatic rings. The van der Waals surface area contributed by atoms with Gasteiger partial charge in [0.2, 0.25) is 0 Å². The maximum Gasteiger partial charge on any atom is 0.157 e.